The topological polar surface area (TPSA) is 47.6 Å². The number of rotatable bonds is 7. The zero-order valence-corrected chi connectivity index (χ0v) is 22.0. The summed E-state index contributed by atoms with van der Waals surface area (Å²) in [6.07, 6.45) is 8.68. The van der Waals surface area contributed by atoms with E-state index >= 15 is 0 Å². The molecule has 4 nitrogen and oxygen atoms in total. The Morgan fingerprint density at radius 3 is 2.70 bits per heavy atom. The first kappa shape index (κ1) is 25.6. The van der Waals surface area contributed by atoms with Crippen molar-refractivity contribution in [3.63, 3.8) is 0 Å². The smallest absolute Gasteiger partial charge is 0.231 e. The molecule has 1 N–H and O–H groups in total. The molecule has 37 heavy (non-hydrogen) atoms. The Labute approximate surface area is 228 Å². The first-order valence-corrected chi connectivity index (χ1v) is 13.6. The van der Waals surface area contributed by atoms with Crippen molar-refractivity contribution in [1.82, 2.24) is 0 Å². The number of carbonyl (C=O) groups excluding carboxylic acids is 1. The van der Waals surface area contributed by atoms with E-state index in [0.717, 1.165) is 40.8 Å². The Balaban J connectivity index is 0.00000280. The molecule has 6 rings (SSSR count). The molecular weight excluding hydrogens is 526 g/mol. The highest BCUT2D eigenvalue weighted by molar-refractivity contribution is 9.10. The van der Waals surface area contributed by atoms with Gasteiger partial charge in [-0.3, -0.25) is 4.79 Å². The fourth-order valence-corrected chi connectivity index (χ4v) is 6.48. The van der Waals surface area contributed by atoms with Crippen LogP contribution < -0.4 is 14.8 Å². The maximum Gasteiger partial charge on any atom is 0.231 e. The van der Waals surface area contributed by atoms with Crippen LogP contribution in [0.2, 0.25) is 0 Å². The van der Waals surface area contributed by atoms with E-state index in [0.29, 0.717) is 30.5 Å². The van der Waals surface area contributed by atoms with E-state index in [1.54, 1.807) is 0 Å². The van der Waals surface area contributed by atoms with Crippen molar-refractivity contribution in [2.45, 2.75) is 58.4 Å². The normalized spacial score (nSPS) is 20.5. The van der Waals surface area contributed by atoms with Gasteiger partial charge in [0.05, 0.1) is 6.04 Å². The minimum Gasteiger partial charge on any atom is -0.454 e. The number of nitrogens with one attached hydrogen (secondary N) is 1. The highest BCUT2D eigenvalue weighted by Gasteiger charge is 2.39. The lowest BCUT2D eigenvalue weighted by atomic mass is 9.76. The van der Waals surface area contributed by atoms with Crippen LogP contribution in [0.25, 0.3) is 0 Å². The van der Waals surface area contributed by atoms with E-state index in [4.69, 9.17) is 9.47 Å². The largest absolute Gasteiger partial charge is 0.454 e. The summed E-state index contributed by atoms with van der Waals surface area (Å²) < 4.78 is 12.3. The van der Waals surface area contributed by atoms with Crippen LogP contribution in [-0.2, 0) is 17.6 Å². The van der Waals surface area contributed by atoms with Crippen molar-refractivity contribution < 1.29 is 14.3 Å². The molecule has 2 heterocycles. The molecule has 0 radical (unpaired) electrons. The average Bonchev–Trinajstić information content (AvgIpc) is 3.53. The Bertz CT molecular complexity index is 1350. The molecule has 3 aromatic carbocycles. The van der Waals surface area contributed by atoms with Crippen molar-refractivity contribution in [2.24, 2.45) is 5.92 Å². The maximum atomic E-state index is 12.5. The lowest BCUT2D eigenvalue weighted by molar-refractivity contribution is -0.118. The fourth-order valence-electron chi connectivity index (χ4n) is 5.91. The number of hydrogen-bond acceptors (Lipinski definition) is 4. The summed E-state index contributed by atoms with van der Waals surface area (Å²) in [6, 6.07) is 19.4. The number of Topliss-reactive ketones (excluding diaryl/α,β-unsaturated/α-hetero) is 1. The number of halogens is 1. The molecule has 0 spiro atoms. The minimum absolute atomic E-state index is 0. The third kappa shape index (κ3) is 5.19. The number of benzene rings is 3. The lowest BCUT2D eigenvalue weighted by Crippen LogP contribution is -2.29. The van der Waals surface area contributed by atoms with Gasteiger partial charge in [-0.25, -0.2) is 0 Å². The molecule has 0 fully saturated rings. The van der Waals surface area contributed by atoms with E-state index in [1.165, 1.54) is 27.9 Å². The molecule has 5 heteroatoms. The third-order valence-corrected chi connectivity index (χ3v) is 8.35. The van der Waals surface area contributed by atoms with Crippen molar-refractivity contribution in [3.8, 4) is 11.5 Å². The minimum atomic E-state index is 0. The summed E-state index contributed by atoms with van der Waals surface area (Å²) in [7, 11) is 0. The van der Waals surface area contributed by atoms with Gasteiger partial charge < -0.3 is 14.8 Å². The quantitative estimate of drug-likeness (QED) is 0.297. The van der Waals surface area contributed by atoms with Gasteiger partial charge in [-0.05, 0) is 72.6 Å². The Morgan fingerprint density at radius 1 is 1.03 bits per heavy atom. The third-order valence-electron chi connectivity index (χ3n) is 7.66. The van der Waals surface area contributed by atoms with Crippen LogP contribution in [0.4, 0.5) is 5.69 Å². The number of allylic oxidation sites excluding steroid dienone is 2. The molecule has 192 valence electrons. The second-order valence-electron chi connectivity index (χ2n) is 10.2. The van der Waals surface area contributed by atoms with Crippen LogP contribution in [0.1, 0.15) is 66.5 Å². The number of anilines is 1. The zero-order valence-electron chi connectivity index (χ0n) is 20.4. The van der Waals surface area contributed by atoms with Gasteiger partial charge in [-0.2, -0.15) is 0 Å². The van der Waals surface area contributed by atoms with Crippen LogP contribution in [-0.4, -0.2) is 12.6 Å². The molecule has 3 aliphatic rings. The molecule has 2 aliphatic heterocycles. The predicted molar refractivity (Wildman–Crippen MR) is 153 cm³/mol. The van der Waals surface area contributed by atoms with Gasteiger partial charge in [-0.1, -0.05) is 77.5 Å². The van der Waals surface area contributed by atoms with E-state index in [9.17, 15) is 4.79 Å². The zero-order chi connectivity index (χ0) is 24.6. The number of hydrogen-bond donors (Lipinski definition) is 1. The second-order valence-corrected chi connectivity index (χ2v) is 11.0. The first-order valence-electron chi connectivity index (χ1n) is 12.8. The molecule has 3 atom stereocenters. The number of carbonyl (C=O) groups is 1. The summed E-state index contributed by atoms with van der Waals surface area (Å²) in [5.41, 5.74) is 7.39. The summed E-state index contributed by atoms with van der Waals surface area (Å²) in [6.45, 7) is 2.35. The van der Waals surface area contributed by atoms with Gasteiger partial charge in [0.2, 0.25) is 6.79 Å². The van der Waals surface area contributed by atoms with E-state index in [1.807, 2.05) is 18.2 Å². The number of fused-ring (bicyclic) bond motifs is 4. The summed E-state index contributed by atoms with van der Waals surface area (Å²) in [5.74, 6) is 2.75. The van der Waals surface area contributed by atoms with Crippen LogP contribution >= 0.6 is 15.9 Å². The molecule has 0 saturated heterocycles. The molecule has 0 saturated carbocycles. The molecule has 1 unspecified atom stereocenters. The van der Waals surface area contributed by atoms with Crippen LogP contribution in [0.5, 0.6) is 11.5 Å². The fraction of sp³-hybridized carbons (Fsp3) is 0.344. The van der Waals surface area contributed by atoms with Crippen LogP contribution in [0.3, 0.4) is 0 Å². The summed E-state index contributed by atoms with van der Waals surface area (Å²) in [4.78, 5) is 12.5. The first-order chi connectivity index (χ1) is 17.5. The summed E-state index contributed by atoms with van der Waals surface area (Å²) >= 11 is 3.77. The van der Waals surface area contributed by atoms with Gasteiger partial charge >= 0.3 is 0 Å². The number of aryl methyl sites for hydroxylation is 2. The van der Waals surface area contributed by atoms with Gasteiger partial charge in [0.1, 0.15) is 5.78 Å². The standard InChI is InChI=1S/C31H30BrNO3.CH4/c1-19-5-2-7-21(13-19)14-22(34)8-3-6-20-11-12-28-25(15-20)23-9-4-10-24(23)31(33-28)26-16-29-30(17-27(26)32)36-18-35-29;/h2,4-5,7,9,11-13,15-17,23-24,31,33H,3,6,8,10,14,18H2,1H3;1H4/t23-,24+,31?;/m1./s1. The average molecular weight is 561 g/mol. The van der Waals surface area contributed by atoms with Gasteiger partial charge in [0.25, 0.3) is 0 Å². The second kappa shape index (κ2) is 10.7. The molecular formula is C32H34BrNO3. The number of ether oxygens (including phenoxy) is 2. The molecule has 3 aromatic rings. The Hall–Kier alpha value is -3.05. The van der Waals surface area contributed by atoms with Crippen molar-refractivity contribution >= 4 is 27.4 Å². The Morgan fingerprint density at radius 2 is 1.86 bits per heavy atom. The SMILES string of the molecule is C.Cc1cccc(CC(=O)CCCc2ccc3c(c2)[C@@H]2C=CC[C@@H]2C(c2cc4c(cc2Br)OCO4)N3)c1. The van der Waals surface area contributed by atoms with Crippen molar-refractivity contribution in [3.05, 3.63) is 99.0 Å². The van der Waals surface area contributed by atoms with Crippen LogP contribution in [0.15, 0.2) is 71.2 Å². The Kier molecular flexibility index (Phi) is 7.43. The lowest BCUT2D eigenvalue weighted by Gasteiger charge is -2.38. The van der Waals surface area contributed by atoms with Gasteiger partial charge in [-0.15, -0.1) is 0 Å². The van der Waals surface area contributed by atoms with Crippen LogP contribution in [0, 0.1) is 12.8 Å². The van der Waals surface area contributed by atoms with E-state index in [-0.39, 0.29) is 20.3 Å². The number of ketones is 1. The monoisotopic (exact) mass is 559 g/mol. The van der Waals surface area contributed by atoms with Gasteiger partial charge in [0, 0.05) is 28.9 Å². The highest BCUT2D eigenvalue weighted by atomic mass is 79.9. The molecule has 0 aromatic heterocycles. The molecule has 1 aliphatic carbocycles. The van der Waals surface area contributed by atoms with Crippen molar-refractivity contribution in [1.29, 1.82) is 0 Å². The summed E-state index contributed by atoms with van der Waals surface area (Å²) in [5, 5.41) is 3.83. The highest BCUT2D eigenvalue weighted by Crippen LogP contribution is 2.52. The molecule has 0 amide bonds. The predicted octanol–water partition coefficient (Wildman–Crippen LogP) is 8.08. The van der Waals surface area contributed by atoms with Crippen molar-refractivity contribution in [2.75, 3.05) is 12.1 Å². The van der Waals surface area contributed by atoms with E-state index in [2.05, 4.69) is 76.7 Å². The van der Waals surface area contributed by atoms with E-state index < -0.39 is 0 Å². The maximum absolute atomic E-state index is 12.5. The molecule has 0 bridgehead atoms. The van der Waals surface area contributed by atoms with Gasteiger partial charge in [0.15, 0.2) is 11.5 Å².